The Kier molecular flexibility index (Phi) is 3.36. The van der Waals surface area contributed by atoms with Gasteiger partial charge in [-0.2, -0.15) is 5.10 Å². The second kappa shape index (κ2) is 4.75. The van der Waals surface area contributed by atoms with E-state index >= 15 is 0 Å². The number of hydrogen-bond donors (Lipinski definition) is 1. The van der Waals surface area contributed by atoms with Crippen molar-refractivity contribution in [3.63, 3.8) is 0 Å². The molecule has 4 heteroatoms. The van der Waals surface area contributed by atoms with Gasteiger partial charge in [0.2, 0.25) is 0 Å². The normalized spacial score (nSPS) is 19.6. The van der Waals surface area contributed by atoms with E-state index in [0.717, 1.165) is 12.4 Å². The van der Waals surface area contributed by atoms with E-state index in [9.17, 15) is 5.11 Å². The van der Waals surface area contributed by atoms with Gasteiger partial charge in [0.05, 0.1) is 6.10 Å². The van der Waals surface area contributed by atoms with Gasteiger partial charge in [-0.05, 0) is 25.7 Å². The summed E-state index contributed by atoms with van der Waals surface area (Å²) in [4.78, 5) is 4.19. The Morgan fingerprint density at radius 1 is 1.53 bits per heavy atom. The Bertz CT molecular complexity index is 305. The monoisotopic (exact) mass is 209 g/mol. The van der Waals surface area contributed by atoms with Crippen molar-refractivity contribution >= 4 is 0 Å². The smallest absolute Gasteiger partial charge is 0.138 e. The van der Waals surface area contributed by atoms with E-state index in [4.69, 9.17) is 0 Å². The Labute approximate surface area is 90.3 Å². The first-order valence-corrected chi connectivity index (χ1v) is 5.86. The highest BCUT2D eigenvalue weighted by Gasteiger charge is 2.24. The molecular formula is C11H19N3O. The third-order valence-corrected chi connectivity index (χ3v) is 3.33. The lowest BCUT2D eigenvalue weighted by molar-refractivity contribution is 0.108. The number of aromatic nitrogens is 3. The number of hydrogen-bond acceptors (Lipinski definition) is 3. The molecule has 1 saturated carbocycles. The summed E-state index contributed by atoms with van der Waals surface area (Å²) >= 11 is 0. The molecule has 1 aromatic rings. The lowest BCUT2D eigenvalue weighted by Crippen LogP contribution is -2.22. The third kappa shape index (κ3) is 2.37. The minimum Gasteiger partial charge on any atom is -0.392 e. The van der Waals surface area contributed by atoms with Gasteiger partial charge >= 0.3 is 0 Å². The van der Waals surface area contributed by atoms with E-state index in [0.29, 0.717) is 12.3 Å². The molecule has 84 valence electrons. The van der Waals surface area contributed by atoms with Gasteiger partial charge in [0.25, 0.3) is 0 Å². The molecule has 1 unspecified atom stereocenters. The topological polar surface area (TPSA) is 50.9 Å². The molecule has 15 heavy (non-hydrogen) atoms. The minimum absolute atomic E-state index is 0.234. The molecule has 0 bridgehead atoms. The summed E-state index contributed by atoms with van der Waals surface area (Å²) in [7, 11) is 0. The highest BCUT2D eigenvalue weighted by Crippen LogP contribution is 2.28. The average molecular weight is 209 g/mol. The molecule has 0 saturated heterocycles. The zero-order valence-corrected chi connectivity index (χ0v) is 9.26. The lowest BCUT2D eigenvalue weighted by Gasteiger charge is -2.16. The van der Waals surface area contributed by atoms with Crippen molar-refractivity contribution in [1.29, 1.82) is 0 Å². The quantitative estimate of drug-likeness (QED) is 0.815. The molecule has 0 aliphatic heterocycles. The van der Waals surface area contributed by atoms with Crippen LogP contribution in [0, 0.1) is 5.92 Å². The predicted octanol–water partition coefficient (Wildman–Crippen LogP) is 1.39. The van der Waals surface area contributed by atoms with Crippen LogP contribution in [0.4, 0.5) is 0 Å². The molecule has 0 spiro atoms. The molecule has 0 radical (unpaired) electrons. The maximum absolute atomic E-state index is 10.1. The van der Waals surface area contributed by atoms with E-state index in [2.05, 4.69) is 10.1 Å². The number of nitrogens with zero attached hydrogens (tertiary/aromatic N) is 3. The second-order valence-electron chi connectivity index (χ2n) is 4.31. The number of aliphatic hydroxyl groups excluding tert-OH is 1. The summed E-state index contributed by atoms with van der Waals surface area (Å²) in [6, 6.07) is 0. The van der Waals surface area contributed by atoms with Crippen molar-refractivity contribution in [1.82, 2.24) is 14.8 Å². The van der Waals surface area contributed by atoms with Crippen molar-refractivity contribution in [3.8, 4) is 0 Å². The Morgan fingerprint density at radius 3 is 2.93 bits per heavy atom. The summed E-state index contributed by atoms with van der Waals surface area (Å²) in [6.45, 7) is 2.87. The lowest BCUT2D eigenvalue weighted by atomic mass is 9.98. The van der Waals surface area contributed by atoms with Gasteiger partial charge in [0, 0.05) is 13.0 Å². The maximum Gasteiger partial charge on any atom is 0.138 e. The first kappa shape index (κ1) is 10.6. The molecular weight excluding hydrogens is 190 g/mol. The van der Waals surface area contributed by atoms with Gasteiger partial charge in [-0.3, -0.25) is 4.68 Å². The fourth-order valence-electron chi connectivity index (χ4n) is 2.41. The summed E-state index contributed by atoms with van der Waals surface area (Å²) in [5.74, 6) is 1.39. The van der Waals surface area contributed by atoms with E-state index in [-0.39, 0.29) is 6.10 Å². The van der Waals surface area contributed by atoms with Crippen LogP contribution < -0.4 is 0 Å². The van der Waals surface area contributed by atoms with Crippen LogP contribution in [-0.2, 0) is 13.0 Å². The summed E-state index contributed by atoms with van der Waals surface area (Å²) in [5.41, 5.74) is 0. The van der Waals surface area contributed by atoms with Crippen molar-refractivity contribution in [2.45, 2.75) is 51.7 Å². The molecule has 4 nitrogen and oxygen atoms in total. The molecule has 1 aromatic heterocycles. The fraction of sp³-hybridized carbons (Fsp3) is 0.818. The van der Waals surface area contributed by atoms with Gasteiger partial charge in [-0.25, -0.2) is 4.98 Å². The van der Waals surface area contributed by atoms with Crippen molar-refractivity contribution in [3.05, 3.63) is 12.2 Å². The summed E-state index contributed by atoms with van der Waals surface area (Å²) in [6.07, 6.45) is 6.85. The van der Waals surface area contributed by atoms with Crippen LogP contribution in [0.2, 0.25) is 0 Å². The van der Waals surface area contributed by atoms with Gasteiger partial charge in [-0.1, -0.05) is 12.8 Å². The van der Waals surface area contributed by atoms with Crippen molar-refractivity contribution in [2.24, 2.45) is 5.92 Å². The van der Waals surface area contributed by atoms with E-state index < -0.39 is 0 Å². The molecule has 1 fully saturated rings. The Morgan fingerprint density at radius 2 is 2.27 bits per heavy atom. The van der Waals surface area contributed by atoms with Crippen molar-refractivity contribution < 1.29 is 5.11 Å². The van der Waals surface area contributed by atoms with Gasteiger partial charge in [-0.15, -0.1) is 0 Å². The van der Waals surface area contributed by atoms with Crippen LogP contribution in [0.1, 0.15) is 38.4 Å². The highest BCUT2D eigenvalue weighted by molar-refractivity contribution is 4.90. The Hall–Kier alpha value is -0.900. The van der Waals surface area contributed by atoms with Gasteiger partial charge in [0.1, 0.15) is 12.2 Å². The fourth-order valence-corrected chi connectivity index (χ4v) is 2.41. The molecule has 1 N–H and O–H groups in total. The summed E-state index contributed by atoms with van der Waals surface area (Å²) < 4.78 is 1.86. The zero-order valence-electron chi connectivity index (χ0n) is 9.26. The van der Waals surface area contributed by atoms with Crippen LogP contribution in [0.15, 0.2) is 6.33 Å². The number of aryl methyl sites for hydroxylation is 1. The van der Waals surface area contributed by atoms with Crippen LogP contribution in [0.3, 0.4) is 0 Å². The standard InChI is InChI=1S/C11H19N3O/c1-2-14-11(12-8-13-14)7-10(15)9-5-3-4-6-9/h8-10,15H,2-7H2,1H3. The maximum atomic E-state index is 10.1. The largest absolute Gasteiger partial charge is 0.392 e. The molecule has 1 aliphatic carbocycles. The van der Waals surface area contributed by atoms with Crippen LogP contribution in [0.5, 0.6) is 0 Å². The molecule has 1 aliphatic rings. The molecule has 0 aromatic carbocycles. The summed E-state index contributed by atoms with van der Waals surface area (Å²) in [5, 5.41) is 14.2. The van der Waals surface area contributed by atoms with Crippen LogP contribution >= 0.6 is 0 Å². The van der Waals surface area contributed by atoms with Crippen LogP contribution in [0.25, 0.3) is 0 Å². The van der Waals surface area contributed by atoms with E-state index in [1.807, 2.05) is 11.6 Å². The predicted molar refractivity (Wildman–Crippen MR) is 57.4 cm³/mol. The molecule has 0 amide bonds. The average Bonchev–Trinajstić information content (AvgIpc) is 2.87. The molecule has 1 heterocycles. The number of rotatable bonds is 4. The van der Waals surface area contributed by atoms with E-state index in [1.54, 1.807) is 6.33 Å². The Balaban J connectivity index is 1.95. The van der Waals surface area contributed by atoms with Gasteiger partial charge in [0.15, 0.2) is 0 Å². The first-order chi connectivity index (χ1) is 7.31. The zero-order chi connectivity index (χ0) is 10.7. The number of aliphatic hydroxyl groups is 1. The highest BCUT2D eigenvalue weighted by atomic mass is 16.3. The SMILES string of the molecule is CCn1ncnc1CC(O)C1CCCC1. The second-order valence-corrected chi connectivity index (χ2v) is 4.31. The third-order valence-electron chi connectivity index (χ3n) is 3.33. The molecule has 2 rings (SSSR count). The molecule has 1 atom stereocenters. The van der Waals surface area contributed by atoms with Crippen LogP contribution in [-0.4, -0.2) is 26.0 Å². The van der Waals surface area contributed by atoms with Gasteiger partial charge < -0.3 is 5.11 Å². The van der Waals surface area contributed by atoms with Crippen molar-refractivity contribution in [2.75, 3.05) is 0 Å². The van der Waals surface area contributed by atoms with E-state index in [1.165, 1.54) is 25.7 Å². The first-order valence-electron chi connectivity index (χ1n) is 5.86. The minimum atomic E-state index is -0.234.